The van der Waals surface area contributed by atoms with E-state index in [4.69, 9.17) is 0 Å². The van der Waals surface area contributed by atoms with Crippen molar-refractivity contribution in [3.05, 3.63) is 58.3 Å². The van der Waals surface area contributed by atoms with E-state index in [-0.39, 0.29) is 30.6 Å². The Hall–Kier alpha value is -2.21. The molecule has 1 N–H and O–H groups in total. The summed E-state index contributed by atoms with van der Waals surface area (Å²) in [5, 5.41) is 2.80. The Morgan fingerprint density at radius 3 is 2.42 bits per heavy atom. The van der Waals surface area contributed by atoms with Gasteiger partial charge < -0.3 is 10.2 Å². The lowest BCUT2D eigenvalue weighted by atomic mass is 10.2. The predicted octanol–water partition coefficient (Wildman–Crippen LogP) is 4.28. The number of aryl methyl sites for hydroxylation is 1. The number of carbonyl (C=O) groups excluding carboxylic acids is 2. The summed E-state index contributed by atoms with van der Waals surface area (Å²) >= 11 is 3.42. The standard InChI is InChI=1S/C18H18BrFN2O2/c1-12-3-6-15(11-17(12)19)21-18(24)9-10-22(13(2)23)16-7-4-14(20)5-8-16/h3-8,11H,9-10H2,1-2H3,(H,21,24). The van der Waals surface area contributed by atoms with E-state index in [1.165, 1.54) is 36.1 Å². The van der Waals surface area contributed by atoms with Crippen molar-refractivity contribution in [1.82, 2.24) is 0 Å². The number of nitrogens with one attached hydrogen (secondary N) is 1. The third-order valence-electron chi connectivity index (χ3n) is 3.54. The predicted molar refractivity (Wildman–Crippen MR) is 96.6 cm³/mol. The fourth-order valence-corrected chi connectivity index (χ4v) is 2.58. The van der Waals surface area contributed by atoms with Gasteiger partial charge in [0.2, 0.25) is 11.8 Å². The largest absolute Gasteiger partial charge is 0.326 e. The number of hydrogen-bond acceptors (Lipinski definition) is 2. The van der Waals surface area contributed by atoms with Crippen LogP contribution in [-0.2, 0) is 9.59 Å². The molecule has 2 rings (SSSR count). The van der Waals surface area contributed by atoms with Gasteiger partial charge in [-0.1, -0.05) is 22.0 Å². The molecule has 24 heavy (non-hydrogen) atoms. The molecule has 0 unspecified atom stereocenters. The van der Waals surface area contributed by atoms with Gasteiger partial charge in [-0.3, -0.25) is 9.59 Å². The summed E-state index contributed by atoms with van der Waals surface area (Å²) in [7, 11) is 0. The van der Waals surface area contributed by atoms with Gasteiger partial charge >= 0.3 is 0 Å². The highest BCUT2D eigenvalue weighted by Gasteiger charge is 2.14. The van der Waals surface area contributed by atoms with Gasteiger partial charge in [0.15, 0.2) is 0 Å². The van der Waals surface area contributed by atoms with Crippen molar-refractivity contribution in [2.75, 3.05) is 16.8 Å². The number of anilines is 2. The molecule has 0 fully saturated rings. The van der Waals surface area contributed by atoms with E-state index < -0.39 is 0 Å². The molecule has 0 bridgehead atoms. The number of rotatable bonds is 5. The fraction of sp³-hybridized carbons (Fsp3) is 0.222. The summed E-state index contributed by atoms with van der Waals surface area (Å²) in [4.78, 5) is 25.3. The lowest BCUT2D eigenvalue weighted by Gasteiger charge is -2.21. The van der Waals surface area contributed by atoms with Crippen molar-refractivity contribution < 1.29 is 14.0 Å². The average Bonchev–Trinajstić information content (AvgIpc) is 2.52. The number of carbonyl (C=O) groups is 2. The first-order valence-electron chi connectivity index (χ1n) is 7.46. The molecule has 0 aliphatic rings. The van der Waals surface area contributed by atoms with Gasteiger partial charge in [0.1, 0.15) is 5.82 Å². The van der Waals surface area contributed by atoms with E-state index >= 15 is 0 Å². The first-order chi connectivity index (χ1) is 11.4. The van der Waals surface area contributed by atoms with E-state index in [0.29, 0.717) is 11.4 Å². The van der Waals surface area contributed by atoms with Crippen LogP contribution in [-0.4, -0.2) is 18.4 Å². The third kappa shape index (κ3) is 4.89. The molecule has 126 valence electrons. The first-order valence-corrected chi connectivity index (χ1v) is 8.26. The smallest absolute Gasteiger partial charge is 0.226 e. The third-order valence-corrected chi connectivity index (χ3v) is 4.39. The Kier molecular flexibility index (Phi) is 6.09. The Bertz CT molecular complexity index is 747. The van der Waals surface area contributed by atoms with E-state index in [2.05, 4.69) is 21.2 Å². The molecule has 0 spiro atoms. The van der Waals surface area contributed by atoms with Crippen molar-refractivity contribution in [3.63, 3.8) is 0 Å². The molecule has 0 saturated heterocycles. The van der Waals surface area contributed by atoms with Gasteiger partial charge in [0.05, 0.1) is 0 Å². The van der Waals surface area contributed by atoms with Gasteiger partial charge in [-0.15, -0.1) is 0 Å². The van der Waals surface area contributed by atoms with Gasteiger partial charge in [0.25, 0.3) is 0 Å². The number of benzene rings is 2. The van der Waals surface area contributed by atoms with E-state index in [1.807, 2.05) is 25.1 Å². The molecule has 0 saturated carbocycles. The molecule has 2 aromatic rings. The quantitative estimate of drug-likeness (QED) is 0.825. The molecular weight excluding hydrogens is 375 g/mol. The first kappa shape index (κ1) is 18.1. The summed E-state index contributed by atoms with van der Waals surface area (Å²) in [5.41, 5.74) is 2.33. The Balaban J connectivity index is 1.98. The lowest BCUT2D eigenvalue weighted by molar-refractivity contribution is -0.117. The molecule has 0 aliphatic carbocycles. The molecule has 0 aromatic heterocycles. The van der Waals surface area contributed by atoms with E-state index in [1.54, 1.807) is 0 Å². The minimum absolute atomic E-state index is 0.141. The van der Waals surface area contributed by atoms with Crippen molar-refractivity contribution in [1.29, 1.82) is 0 Å². The highest BCUT2D eigenvalue weighted by molar-refractivity contribution is 9.10. The van der Waals surface area contributed by atoms with Crippen LogP contribution in [0.1, 0.15) is 18.9 Å². The van der Waals surface area contributed by atoms with Crippen LogP contribution in [0.4, 0.5) is 15.8 Å². The minimum Gasteiger partial charge on any atom is -0.326 e. The molecule has 2 aromatic carbocycles. The van der Waals surface area contributed by atoms with Gasteiger partial charge in [-0.25, -0.2) is 4.39 Å². The second kappa shape index (κ2) is 8.06. The summed E-state index contributed by atoms with van der Waals surface area (Å²) < 4.78 is 13.9. The fourth-order valence-electron chi connectivity index (χ4n) is 2.20. The summed E-state index contributed by atoms with van der Waals surface area (Å²) in [6.07, 6.45) is 0.141. The van der Waals surface area contributed by atoms with Gasteiger partial charge in [-0.05, 0) is 48.9 Å². The zero-order valence-corrected chi connectivity index (χ0v) is 15.1. The van der Waals surface area contributed by atoms with Crippen LogP contribution in [0.5, 0.6) is 0 Å². The maximum atomic E-state index is 13.0. The zero-order valence-electron chi connectivity index (χ0n) is 13.5. The second-order valence-corrected chi connectivity index (χ2v) is 6.26. The number of halogens is 2. The van der Waals surface area contributed by atoms with Crippen LogP contribution in [0.2, 0.25) is 0 Å². The topological polar surface area (TPSA) is 49.4 Å². The maximum Gasteiger partial charge on any atom is 0.226 e. The molecule has 0 atom stereocenters. The molecular formula is C18H18BrFN2O2. The van der Waals surface area contributed by atoms with E-state index in [0.717, 1.165) is 10.0 Å². The zero-order chi connectivity index (χ0) is 17.7. The normalized spacial score (nSPS) is 10.3. The Morgan fingerprint density at radius 2 is 1.83 bits per heavy atom. The van der Waals surface area contributed by atoms with Crippen LogP contribution in [0.15, 0.2) is 46.9 Å². The maximum absolute atomic E-state index is 13.0. The van der Waals surface area contributed by atoms with Gasteiger partial charge in [0, 0.05) is 35.7 Å². The van der Waals surface area contributed by atoms with Crippen LogP contribution in [0.25, 0.3) is 0 Å². The van der Waals surface area contributed by atoms with Crippen LogP contribution >= 0.6 is 15.9 Å². The minimum atomic E-state index is -0.370. The monoisotopic (exact) mass is 392 g/mol. The summed E-state index contributed by atoms with van der Waals surface area (Å²) in [5.74, 6) is -0.767. The van der Waals surface area contributed by atoms with E-state index in [9.17, 15) is 14.0 Å². The number of amides is 2. The molecule has 0 aliphatic heterocycles. The van der Waals surface area contributed by atoms with Gasteiger partial charge in [-0.2, -0.15) is 0 Å². The lowest BCUT2D eigenvalue weighted by Crippen LogP contribution is -2.31. The Morgan fingerprint density at radius 1 is 1.17 bits per heavy atom. The van der Waals surface area contributed by atoms with Crippen LogP contribution in [0, 0.1) is 12.7 Å². The highest BCUT2D eigenvalue weighted by Crippen LogP contribution is 2.21. The molecule has 4 nitrogen and oxygen atoms in total. The van der Waals surface area contributed by atoms with Crippen molar-refractivity contribution in [3.8, 4) is 0 Å². The van der Waals surface area contributed by atoms with Crippen LogP contribution in [0.3, 0.4) is 0 Å². The summed E-state index contributed by atoms with van der Waals surface area (Å²) in [6.45, 7) is 3.60. The molecule has 0 radical (unpaired) electrons. The molecule has 0 heterocycles. The van der Waals surface area contributed by atoms with Crippen LogP contribution < -0.4 is 10.2 Å². The van der Waals surface area contributed by atoms with Crippen molar-refractivity contribution >= 4 is 39.1 Å². The second-order valence-electron chi connectivity index (χ2n) is 5.41. The average molecular weight is 393 g/mol. The van der Waals surface area contributed by atoms with Crippen molar-refractivity contribution in [2.24, 2.45) is 0 Å². The summed E-state index contributed by atoms with van der Waals surface area (Å²) in [6, 6.07) is 11.2. The molecule has 2 amide bonds. The molecule has 6 heteroatoms. The highest BCUT2D eigenvalue weighted by atomic mass is 79.9. The SMILES string of the molecule is CC(=O)N(CCC(=O)Nc1ccc(C)c(Br)c1)c1ccc(F)cc1. The Labute approximate surface area is 148 Å². The number of nitrogens with zero attached hydrogens (tertiary/aromatic N) is 1. The number of hydrogen-bond donors (Lipinski definition) is 1. The van der Waals surface area contributed by atoms with Crippen molar-refractivity contribution in [2.45, 2.75) is 20.3 Å².